The molecule has 0 bridgehead atoms. The molecule has 0 amide bonds. The molecule has 0 aliphatic rings. The minimum atomic E-state index is -0.189. The van der Waals surface area contributed by atoms with E-state index in [2.05, 4.69) is 6.92 Å². The zero-order chi connectivity index (χ0) is 10.3. The fourth-order valence-electron chi connectivity index (χ4n) is 1.16. The molecule has 0 aromatic carbocycles. The monoisotopic (exact) mass is 184 g/mol. The van der Waals surface area contributed by atoms with Crippen LogP contribution in [-0.4, -0.2) is 11.6 Å². The van der Waals surface area contributed by atoms with Crippen LogP contribution in [0.3, 0.4) is 0 Å². The van der Waals surface area contributed by atoms with Crippen molar-refractivity contribution in [3.63, 3.8) is 0 Å². The number of ketones is 2. The van der Waals surface area contributed by atoms with Crippen molar-refractivity contribution in [3.8, 4) is 0 Å². The van der Waals surface area contributed by atoms with E-state index in [1.807, 2.05) is 13.8 Å². The molecule has 0 N–H and O–H groups in total. The van der Waals surface area contributed by atoms with Gasteiger partial charge in [0, 0.05) is 12.8 Å². The second kappa shape index (κ2) is 6.81. The van der Waals surface area contributed by atoms with Gasteiger partial charge in [-0.25, -0.2) is 0 Å². The molecule has 0 aromatic heterocycles. The number of hydrogen-bond acceptors (Lipinski definition) is 2. The number of Topliss-reactive ketones (excluding diaryl/α,β-unsaturated/α-hetero) is 2. The Morgan fingerprint density at radius 1 is 1.08 bits per heavy atom. The molecule has 0 rings (SSSR count). The lowest BCUT2D eigenvalue weighted by Gasteiger charge is -2.02. The van der Waals surface area contributed by atoms with Gasteiger partial charge in [-0.05, 0) is 12.3 Å². The van der Waals surface area contributed by atoms with Gasteiger partial charge in [0.2, 0.25) is 0 Å². The van der Waals surface area contributed by atoms with Crippen molar-refractivity contribution in [2.75, 3.05) is 0 Å². The van der Waals surface area contributed by atoms with E-state index in [4.69, 9.17) is 0 Å². The van der Waals surface area contributed by atoms with E-state index in [1.54, 1.807) is 0 Å². The summed E-state index contributed by atoms with van der Waals surface area (Å²) in [5, 5.41) is 0. The first-order chi connectivity index (χ1) is 6.07. The lowest BCUT2D eigenvalue weighted by Crippen LogP contribution is -2.15. The number of carbonyl (C=O) groups is 2. The molecule has 0 saturated carbocycles. The van der Waals surface area contributed by atoms with Gasteiger partial charge in [0.25, 0.3) is 0 Å². The van der Waals surface area contributed by atoms with Crippen molar-refractivity contribution >= 4 is 11.6 Å². The maximum Gasteiger partial charge on any atom is 0.198 e. The Bertz CT molecular complexity index is 171. The molecule has 0 aliphatic heterocycles. The molecule has 2 heteroatoms. The molecule has 0 saturated heterocycles. The minimum absolute atomic E-state index is 0.179. The SMILES string of the molecule is CCCCCC(=O)C(=O)CC(C)C. The molecule has 0 spiro atoms. The van der Waals surface area contributed by atoms with Crippen LogP contribution in [0.5, 0.6) is 0 Å². The van der Waals surface area contributed by atoms with Crippen molar-refractivity contribution in [2.24, 2.45) is 5.92 Å². The summed E-state index contributed by atoms with van der Waals surface area (Å²) in [6.07, 6.45) is 3.84. The maximum absolute atomic E-state index is 11.2. The molecule has 0 atom stereocenters. The molecule has 0 aromatic rings. The van der Waals surface area contributed by atoms with Crippen molar-refractivity contribution < 1.29 is 9.59 Å². The van der Waals surface area contributed by atoms with E-state index in [0.717, 1.165) is 19.3 Å². The lowest BCUT2D eigenvalue weighted by molar-refractivity contribution is -0.137. The van der Waals surface area contributed by atoms with Crippen LogP contribution in [0.15, 0.2) is 0 Å². The smallest absolute Gasteiger partial charge is 0.198 e. The predicted octanol–water partition coefficient (Wildman–Crippen LogP) is 2.75. The predicted molar refractivity (Wildman–Crippen MR) is 53.6 cm³/mol. The van der Waals surface area contributed by atoms with E-state index < -0.39 is 0 Å². The molecule has 0 heterocycles. The van der Waals surface area contributed by atoms with Crippen LogP contribution in [0.1, 0.15) is 52.9 Å². The van der Waals surface area contributed by atoms with Gasteiger partial charge in [-0.3, -0.25) is 9.59 Å². The van der Waals surface area contributed by atoms with Crippen molar-refractivity contribution in [3.05, 3.63) is 0 Å². The number of rotatable bonds is 7. The van der Waals surface area contributed by atoms with E-state index in [9.17, 15) is 9.59 Å². The Morgan fingerprint density at radius 2 is 1.69 bits per heavy atom. The van der Waals surface area contributed by atoms with E-state index in [-0.39, 0.29) is 11.6 Å². The van der Waals surface area contributed by atoms with Crippen LogP contribution in [-0.2, 0) is 9.59 Å². The van der Waals surface area contributed by atoms with Crippen molar-refractivity contribution in [1.82, 2.24) is 0 Å². The fraction of sp³-hybridized carbons (Fsp3) is 0.818. The van der Waals surface area contributed by atoms with E-state index in [0.29, 0.717) is 18.8 Å². The maximum atomic E-state index is 11.2. The van der Waals surface area contributed by atoms with Crippen LogP contribution in [0.4, 0.5) is 0 Å². The lowest BCUT2D eigenvalue weighted by atomic mass is 10.0. The van der Waals surface area contributed by atoms with E-state index in [1.165, 1.54) is 0 Å². The first kappa shape index (κ1) is 12.3. The highest BCUT2D eigenvalue weighted by atomic mass is 16.2. The third kappa shape index (κ3) is 6.50. The van der Waals surface area contributed by atoms with Gasteiger partial charge in [0.05, 0.1) is 0 Å². The van der Waals surface area contributed by atoms with Crippen LogP contribution < -0.4 is 0 Å². The third-order valence-electron chi connectivity index (χ3n) is 1.91. The van der Waals surface area contributed by atoms with E-state index >= 15 is 0 Å². The molecule has 0 unspecified atom stereocenters. The van der Waals surface area contributed by atoms with Crippen LogP contribution in [0, 0.1) is 5.92 Å². The molecule has 0 radical (unpaired) electrons. The highest BCUT2D eigenvalue weighted by molar-refractivity contribution is 6.37. The normalized spacial score (nSPS) is 10.5. The van der Waals surface area contributed by atoms with Gasteiger partial charge in [-0.15, -0.1) is 0 Å². The van der Waals surface area contributed by atoms with Gasteiger partial charge in [-0.1, -0.05) is 33.6 Å². The van der Waals surface area contributed by atoms with Crippen molar-refractivity contribution in [1.29, 1.82) is 0 Å². The van der Waals surface area contributed by atoms with Gasteiger partial charge >= 0.3 is 0 Å². The second-order valence-corrected chi connectivity index (χ2v) is 3.90. The van der Waals surface area contributed by atoms with Crippen molar-refractivity contribution in [2.45, 2.75) is 52.9 Å². The van der Waals surface area contributed by atoms with Crippen LogP contribution in [0.25, 0.3) is 0 Å². The summed E-state index contributed by atoms with van der Waals surface area (Å²) in [5.74, 6) is -0.0733. The Balaban J connectivity index is 3.64. The number of unbranched alkanes of at least 4 members (excludes halogenated alkanes) is 2. The third-order valence-corrected chi connectivity index (χ3v) is 1.91. The minimum Gasteiger partial charge on any atom is -0.291 e. The standard InChI is InChI=1S/C11H20O2/c1-4-5-6-7-10(12)11(13)8-9(2)3/h9H,4-8H2,1-3H3. The quantitative estimate of drug-likeness (QED) is 0.450. The summed E-state index contributed by atoms with van der Waals surface area (Å²) < 4.78 is 0. The Morgan fingerprint density at radius 3 is 2.15 bits per heavy atom. The summed E-state index contributed by atoms with van der Waals surface area (Å²) in [5.41, 5.74) is 0. The molecule has 76 valence electrons. The summed E-state index contributed by atoms with van der Waals surface area (Å²) in [6.45, 7) is 5.99. The average Bonchev–Trinajstić information content (AvgIpc) is 2.03. The Hall–Kier alpha value is -0.660. The van der Waals surface area contributed by atoms with Gasteiger partial charge in [0.15, 0.2) is 11.6 Å². The number of hydrogen-bond donors (Lipinski definition) is 0. The molecule has 0 aliphatic carbocycles. The summed E-state index contributed by atoms with van der Waals surface area (Å²) in [6, 6.07) is 0. The summed E-state index contributed by atoms with van der Waals surface area (Å²) in [7, 11) is 0. The zero-order valence-electron chi connectivity index (χ0n) is 8.93. The molecule has 0 fully saturated rings. The van der Waals surface area contributed by atoms with Gasteiger partial charge < -0.3 is 0 Å². The second-order valence-electron chi connectivity index (χ2n) is 3.90. The largest absolute Gasteiger partial charge is 0.291 e. The first-order valence-electron chi connectivity index (χ1n) is 5.14. The Kier molecular flexibility index (Phi) is 6.47. The molecule has 13 heavy (non-hydrogen) atoms. The molecule has 2 nitrogen and oxygen atoms in total. The Labute approximate surface area is 80.7 Å². The number of carbonyl (C=O) groups excluding carboxylic acids is 2. The topological polar surface area (TPSA) is 34.1 Å². The zero-order valence-corrected chi connectivity index (χ0v) is 8.93. The highest BCUT2D eigenvalue weighted by Gasteiger charge is 2.13. The summed E-state index contributed by atoms with van der Waals surface area (Å²) in [4.78, 5) is 22.4. The molecular formula is C11H20O2. The average molecular weight is 184 g/mol. The summed E-state index contributed by atoms with van der Waals surface area (Å²) >= 11 is 0. The molecular weight excluding hydrogens is 164 g/mol. The van der Waals surface area contributed by atoms with Crippen LogP contribution in [0.2, 0.25) is 0 Å². The van der Waals surface area contributed by atoms with Crippen LogP contribution >= 0.6 is 0 Å². The van der Waals surface area contributed by atoms with Gasteiger partial charge in [0.1, 0.15) is 0 Å². The highest BCUT2D eigenvalue weighted by Crippen LogP contribution is 2.05. The first-order valence-corrected chi connectivity index (χ1v) is 5.14. The fourth-order valence-corrected chi connectivity index (χ4v) is 1.16. The van der Waals surface area contributed by atoms with Gasteiger partial charge in [-0.2, -0.15) is 0 Å².